The summed E-state index contributed by atoms with van der Waals surface area (Å²) >= 11 is 6.20. The maximum atomic E-state index is 14.0. The van der Waals surface area contributed by atoms with E-state index in [9.17, 15) is 4.39 Å². The van der Waals surface area contributed by atoms with Crippen LogP contribution in [0.1, 0.15) is 113 Å². The summed E-state index contributed by atoms with van der Waals surface area (Å²) in [6, 6.07) is 21.4. The van der Waals surface area contributed by atoms with Gasteiger partial charge in [0, 0.05) is 11.1 Å². The van der Waals surface area contributed by atoms with Gasteiger partial charge in [-0.05, 0) is 122 Å². The number of hydrogen-bond acceptors (Lipinski definition) is 1. The highest BCUT2D eigenvalue weighted by Gasteiger charge is 2.49. The van der Waals surface area contributed by atoms with E-state index >= 15 is 0 Å². The Labute approximate surface area is 270 Å². The molecule has 3 aromatic rings. The zero-order valence-corrected chi connectivity index (χ0v) is 27.8. The van der Waals surface area contributed by atoms with Gasteiger partial charge in [-0.3, -0.25) is 0 Å². The number of hydrogen-bond donors (Lipinski definition) is 1. The van der Waals surface area contributed by atoms with Gasteiger partial charge in [0.15, 0.2) is 0 Å². The fourth-order valence-electron chi connectivity index (χ4n) is 7.84. The Balaban J connectivity index is 1.35. The fourth-order valence-corrected chi connectivity index (χ4v) is 8.02. The molecule has 2 aliphatic carbocycles. The van der Waals surface area contributed by atoms with E-state index in [1.165, 1.54) is 58.7 Å². The van der Waals surface area contributed by atoms with E-state index in [1.807, 2.05) is 0 Å². The monoisotopic (exact) mass is 609 g/mol. The van der Waals surface area contributed by atoms with Crippen molar-refractivity contribution in [3.63, 3.8) is 0 Å². The predicted molar refractivity (Wildman–Crippen MR) is 187 cm³/mol. The molecule has 5 rings (SSSR count). The number of unbranched alkanes of at least 4 members (excludes halogenated alkanes) is 2. The predicted octanol–water partition coefficient (Wildman–Crippen LogP) is 12.0. The molecule has 0 aliphatic heterocycles. The largest absolute Gasteiger partial charge is 0.375 e. The fraction of sp³-hybridized carbons (Fsp3) is 0.439. The van der Waals surface area contributed by atoms with E-state index < -0.39 is 5.82 Å². The van der Waals surface area contributed by atoms with Crippen molar-refractivity contribution in [2.75, 3.05) is 5.32 Å². The average molecular weight is 610 g/mol. The van der Waals surface area contributed by atoms with Gasteiger partial charge < -0.3 is 5.32 Å². The van der Waals surface area contributed by atoms with Crippen molar-refractivity contribution in [1.82, 2.24) is 0 Å². The van der Waals surface area contributed by atoms with Crippen LogP contribution in [0.15, 0.2) is 84.1 Å². The summed E-state index contributed by atoms with van der Waals surface area (Å²) in [4.78, 5) is 0. The van der Waals surface area contributed by atoms with Crippen LogP contribution in [0.25, 0.3) is 6.08 Å². The number of fused-ring (bicyclic) bond motifs is 2. The Morgan fingerprint density at radius 1 is 0.841 bits per heavy atom. The lowest BCUT2D eigenvalue weighted by Crippen LogP contribution is -2.48. The molecule has 0 unspecified atom stereocenters. The third-order valence-electron chi connectivity index (χ3n) is 10.4. The molecule has 0 atom stereocenters. The minimum absolute atomic E-state index is 0.0701. The van der Waals surface area contributed by atoms with Gasteiger partial charge in [-0.2, -0.15) is 0 Å². The van der Waals surface area contributed by atoms with E-state index in [2.05, 4.69) is 86.9 Å². The van der Waals surface area contributed by atoms with Gasteiger partial charge in [0.2, 0.25) is 0 Å². The van der Waals surface area contributed by atoms with Gasteiger partial charge >= 0.3 is 0 Å². The maximum absolute atomic E-state index is 14.0. The molecule has 1 spiro atoms. The standard InChI is InChI=1S/C41H49ClFN/c1-5-12-32-19-20-33-28-35(14-11-9-10-13-31-17-15-30(6-2)16-18-31)40(37(33)27-32)23-25-41(26-24-40,34(7-3)8-4)44-36-21-22-39(43)38(42)29-36/h15-22,27-29,44H,3,5-6,8-14,23-26H2,1-2,4H3. The molecule has 232 valence electrons. The van der Waals surface area contributed by atoms with Gasteiger partial charge in [-0.25, -0.2) is 4.39 Å². The zero-order valence-electron chi connectivity index (χ0n) is 27.0. The molecule has 1 nitrogen and oxygen atoms in total. The van der Waals surface area contributed by atoms with Crippen molar-refractivity contribution < 1.29 is 4.39 Å². The number of nitrogens with one attached hydrogen (secondary N) is 1. The summed E-state index contributed by atoms with van der Waals surface area (Å²) < 4.78 is 14.0. The second kappa shape index (κ2) is 14.4. The van der Waals surface area contributed by atoms with Gasteiger partial charge in [-0.15, -0.1) is 5.73 Å². The molecular formula is C41H49ClFN. The minimum Gasteiger partial charge on any atom is -0.375 e. The number of halogens is 2. The van der Waals surface area contributed by atoms with Crippen molar-refractivity contribution in [2.24, 2.45) is 0 Å². The Bertz CT molecular complexity index is 1520. The zero-order chi connectivity index (χ0) is 31.2. The van der Waals surface area contributed by atoms with E-state index in [1.54, 1.807) is 17.7 Å². The smallest absolute Gasteiger partial charge is 0.141 e. The van der Waals surface area contributed by atoms with Crippen molar-refractivity contribution in [3.05, 3.63) is 123 Å². The van der Waals surface area contributed by atoms with Crippen molar-refractivity contribution in [3.8, 4) is 0 Å². The van der Waals surface area contributed by atoms with Crippen LogP contribution in [0.4, 0.5) is 10.1 Å². The minimum atomic E-state index is -0.390. The topological polar surface area (TPSA) is 12.0 Å². The van der Waals surface area contributed by atoms with E-state index in [0.29, 0.717) is 0 Å². The highest BCUT2D eigenvalue weighted by molar-refractivity contribution is 6.31. The summed E-state index contributed by atoms with van der Waals surface area (Å²) in [6.07, 6.45) is 16.9. The lowest BCUT2D eigenvalue weighted by atomic mass is 9.60. The molecule has 0 bridgehead atoms. The van der Waals surface area contributed by atoms with Crippen LogP contribution < -0.4 is 5.32 Å². The molecule has 1 saturated carbocycles. The average Bonchev–Trinajstić information content (AvgIpc) is 3.33. The molecule has 0 aromatic heterocycles. The lowest BCUT2D eigenvalue weighted by molar-refractivity contribution is 0.264. The number of benzene rings is 3. The molecule has 0 radical (unpaired) electrons. The van der Waals surface area contributed by atoms with Crippen LogP contribution in [-0.2, 0) is 24.7 Å². The molecule has 44 heavy (non-hydrogen) atoms. The first-order valence-corrected chi connectivity index (χ1v) is 17.3. The first-order chi connectivity index (χ1) is 21.4. The Morgan fingerprint density at radius 2 is 1.55 bits per heavy atom. The van der Waals surface area contributed by atoms with Crippen molar-refractivity contribution >= 4 is 23.4 Å². The Kier molecular flexibility index (Phi) is 10.6. The number of rotatable bonds is 13. The second-order valence-corrected chi connectivity index (χ2v) is 13.4. The summed E-state index contributed by atoms with van der Waals surface area (Å²) in [5.74, 6) is -0.390. The molecule has 0 heterocycles. The van der Waals surface area contributed by atoms with E-state index in [0.717, 1.165) is 69.9 Å². The molecule has 3 aromatic carbocycles. The lowest BCUT2D eigenvalue weighted by Gasteiger charge is -2.48. The highest BCUT2D eigenvalue weighted by Crippen LogP contribution is 2.56. The van der Waals surface area contributed by atoms with Gasteiger partial charge in [0.1, 0.15) is 5.82 Å². The number of aryl methyl sites for hydroxylation is 3. The summed E-state index contributed by atoms with van der Waals surface area (Å²) in [7, 11) is 0. The van der Waals surface area contributed by atoms with Gasteiger partial charge in [-0.1, -0.05) is 106 Å². The second-order valence-electron chi connectivity index (χ2n) is 13.0. The molecule has 1 fully saturated rings. The van der Waals surface area contributed by atoms with Gasteiger partial charge in [0.25, 0.3) is 0 Å². The third-order valence-corrected chi connectivity index (χ3v) is 10.7. The van der Waals surface area contributed by atoms with E-state index in [-0.39, 0.29) is 16.0 Å². The van der Waals surface area contributed by atoms with Crippen LogP contribution in [0.3, 0.4) is 0 Å². The van der Waals surface area contributed by atoms with Crippen LogP contribution in [0, 0.1) is 5.82 Å². The number of allylic oxidation sites excluding steroid dienone is 1. The van der Waals surface area contributed by atoms with Crippen molar-refractivity contribution in [1.29, 1.82) is 0 Å². The van der Waals surface area contributed by atoms with Crippen LogP contribution in [0.5, 0.6) is 0 Å². The summed E-state index contributed by atoms with van der Waals surface area (Å²) in [5, 5.41) is 3.96. The van der Waals surface area contributed by atoms with E-state index in [4.69, 9.17) is 11.6 Å². The SMILES string of the molecule is C=C=C(CC)C1(Nc2ccc(F)c(Cl)c2)CCC2(CC1)C(CCCCCc1ccc(CC)cc1)=Cc1ccc(CCC)cc12. The molecular weight excluding hydrogens is 561 g/mol. The van der Waals surface area contributed by atoms with Crippen molar-refractivity contribution in [2.45, 2.75) is 115 Å². The first kappa shape index (κ1) is 32.3. The quantitative estimate of drug-likeness (QED) is 0.150. The normalized spacial score (nSPS) is 20.7. The first-order valence-electron chi connectivity index (χ1n) is 16.9. The van der Waals surface area contributed by atoms with Crippen LogP contribution in [0.2, 0.25) is 5.02 Å². The number of anilines is 1. The van der Waals surface area contributed by atoms with Crippen LogP contribution >= 0.6 is 11.6 Å². The molecule has 1 N–H and O–H groups in total. The van der Waals surface area contributed by atoms with Crippen LogP contribution in [-0.4, -0.2) is 5.54 Å². The molecule has 2 aliphatic rings. The Hall–Kier alpha value is -3.06. The third kappa shape index (κ3) is 6.78. The highest BCUT2D eigenvalue weighted by atomic mass is 35.5. The molecule has 3 heteroatoms. The summed E-state index contributed by atoms with van der Waals surface area (Å²) in [5.41, 5.74) is 14.0. The molecule has 0 saturated heterocycles. The Morgan fingerprint density at radius 3 is 2.20 bits per heavy atom. The maximum Gasteiger partial charge on any atom is 0.141 e. The summed E-state index contributed by atoms with van der Waals surface area (Å²) in [6.45, 7) is 10.7. The molecule has 0 amide bonds. The van der Waals surface area contributed by atoms with Gasteiger partial charge in [0.05, 0.1) is 10.6 Å².